The van der Waals surface area contributed by atoms with Crippen molar-refractivity contribution in [1.29, 1.82) is 5.41 Å². The Hall–Kier alpha value is -2.26. The van der Waals surface area contributed by atoms with E-state index in [0.717, 1.165) is 11.1 Å². The van der Waals surface area contributed by atoms with E-state index in [-0.39, 0.29) is 5.29 Å². The van der Waals surface area contributed by atoms with Gasteiger partial charge in [0.05, 0.1) is 0 Å². The molecule has 0 aromatic heterocycles. The van der Waals surface area contributed by atoms with E-state index in [1.165, 1.54) is 0 Å². The molecule has 0 aliphatic heterocycles. The van der Waals surface area contributed by atoms with Gasteiger partial charge in [0.1, 0.15) is 0 Å². The van der Waals surface area contributed by atoms with Crippen LogP contribution in [-0.4, -0.2) is 17.3 Å². The van der Waals surface area contributed by atoms with Crippen molar-refractivity contribution in [1.82, 2.24) is 0 Å². The summed E-state index contributed by atoms with van der Waals surface area (Å²) in [6, 6.07) is 19.1. The lowest BCUT2D eigenvalue weighted by atomic mass is 10.2. The first-order valence-electron chi connectivity index (χ1n) is 5.73. The van der Waals surface area contributed by atoms with Crippen molar-refractivity contribution in [2.45, 2.75) is 0 Å². The van der Waals surface area contributed by atoms with E-state index in [1.54, 1.807) is 6.21 Å². The molecule has 0 aliphatic rings. The normalized spacial score (nSPS) is 11.7. The van der Waals surface area contributed by atoms with E-state index >= 15 is 0 Å². The molecule has 0 heterocycles. The van der Waals surface area contributed by atoms with Crippen LogP contribution in [0.2, 0.25) is 0 Å². The van der Waals surface area contributed by atoms with Gasteiger partial charge in [-0.25, -0.2) is 4.99 Å². The van der Waals surface area contributed by atoms with Crippen LogP contribution in [0.15, 0.2) is 70.6 Å². The summed E-state index contributed by atoms with van der Waals surface area (Å²) in [5, 5.41) is 6.97. The highest BCUT2D eigenvalue weighted by Gasteiger charge is 2.01. The molecule has 2 aromatic rings. The van der Waals surface area contributed by atoms with Gasteiger partial charge in [-0.05, 0) is 17.2 Å². The largest absolute Gasteiger partial charge is 0.272 e. The first kappa shape index (κ1) is 13.2. The molecule has 3 nitrogen and oxygen atoms in total. The third kappa shape index (κ3) is 4.16. The molecule has 0 amide bonds. The van der Waals surface area contributed by atoms with Gasteiger partial charge in [0.25, 0.3) is 0 Å². The SMILES string of the molecule is N=C(Cl)N=C(N=Cc1ccccc1)c1ccccc1. The van der Waals surface area contributed by atoms with Crippen LogP contribution in [-0.2, 0) is 0 Å². The van der Waals surface area contributed by atoms with E-state index in [2.05, 4.69) is 9.98 Å². The number of hydrogen-bond acceptors (Lipinski definition) is 1. The van der Waals surface area contributed by atoms with Gasteiger partial charge in [-0.1, -0.05) is 60.7 Å². The number of benzene rings is 2. The second-order valence-electron chi connectivity index (χ2n) is 3.76. The van der Waals surface area contributed by atoms with Crippen LogP contribution < -0.4 is 0 Å². The molecular weight excluding hydrogens is 258 g/mol. The molecule has 1 N–H and O–H groups in total. The van der Waals surface area contributed by atoms with E-state index in [9.17, 15) is 0 Å². The minimum Gasteiger partial charge on any atom is -0.272 e. The van der Waals surface area contributed by atoms with Crippen LogP contribution in [0.3, 0.4) is 0 Å². The van der Waals surface area contributed by atoms with Crippen LogP contribution >= 0.6 is 11.6 Å². The molecule has 0 saturated heterocycles. The van der Waals surface area contributed by atoms with Crippen molar-refractivity contribution >= 4 is 28.9 Å². The quantitative estimate of drug-likeness (QED) is 0.491. The van der Waals surface area contributed by atoms with Gasteiger partial charge in [-0.2, -0.15) is 4.99 Å². The van der Waals surface area contributed by atoms with Crippen molar-refractivity contribution < 1.29 is 0 Å². The van der Waals surface area contributed by atoms with Crippen LogP contribution in [0.4, 0.5) is 0 Å². The Morgan fingerprint density at radius 3 is 2.11 bits per heavy atom. The van der Waals surface area contributed by atoms with Gasteiger partial charge in [0.2, 0.25) is 5.29 Å². The highest BCUT2D eigenvalue weighted by molar-refractivity contribution is 6.64. The number of nitrogens with one attached hydrogen (secondary N) is 1. The summed E-state index contributed by atoms with van der Waals surface area (Å²) in [7, 11) is 0. The number of halogens is 1. The highest BCUT2D eigenvalue weighted by atomic mass is 35.5. The fourth-order valence-corrected chi connectivity index (χ4v) is 1.60. The van der Waals surface area contributed by atoms with E-state index in [0.29, 0.717) is 5.84 Å². The lowest BCUT2D eigenvalue weighted by molar-refractivity contribution is 1.46. The Balaban J connectivity index is 2.31. The van der Waals surface area contributed by atoms with E-state index in [1.807, 2.05) is 60.7 Å². The molecule has 0 fully saturated rings. The molecule has 2 rings (SSSR count). The van der Waals surface area contributed by atoms with E-state index < -0.39 is 0 Å². The minimum atomic E-state index is -0.288. The fourth-order valence-electron chi connectivity index (χ4n) is 1.52. The average Bonchev–Trinajstić information content (AvgIpc) is 2.45. The molecule has 0 unspecified atom stereocenters. The Morgan fingerprint density at radius 1 is 0.947 bits per heavy atom. The number of aliphatic imine (C=N–C) groups is 2. The maximum Gasteiger partial charge on any atom is 0.216 e. The summed E-state index contributed by atoms with van der Waals surface area (Å²) < 4.78 is 0. The number of amidine groups is 2. The van der Waals surface area contributed by atoms with Crippen molar-refractivity contribution in [3.63, 3.8) is 0 Å². The Morgan fingerprint density at radius 2 is 1.53 bits per heavy atom. The predicted octanol–water partition coefficient (Wildman–Crippen LogP) is 3.73. The van der Waals surface area contributed by atoms with Crippen LogP contribution in [0.5, 0.6) is 0 Å². The van der Waals surface area contributed by atoms with Gasteiger partial charge in [0.15, 0.2) is 5.84 Å². The molecule has 19 heavy (non-hydrogen) atoms. The Kier molecular flexibility index (Phi) is 4.59. The van der Waals surface area contributed by atoms with Gasteiger partial charge < -0.3 is 0 Å². The predicted molar refractivity (Wildman–Crippen MR) is 80.6 cm³/mol. The van der Waals surface area contributed by atoms with Gasteiger partial charge in [-0.3, -0.25) is 5.41 Å². The maximum atomic E-state index is 7.26. The summed E-state index contributed by atoms with van der Waals surface area (Å²) in [5.41, 5.74) is 1.78. The van der Waals surface area contributed by atoms with Crippen LogP contribution in [0.25, 0.3) is 0 Å². The summed E-state index contributed by atoms with van der Waals surface area (Å²) >= 11 is 5.53. The van der Waals surface area contributed by atoms with Gasteiger partial charge in [-0.15, -0.1) is 0 Å². The number of hydrogen-bond donors (Lipinski definition) is 1. The van der Waals surface area contributed by atoms with E-state index in [4.69, 9.17) is 17.0 Å². The summed E-state index contributed by atoms with van der Waals surface area (Å²) in [6.45, 7) is 0. The molecule has 4 heteroatoms. The molecule has 0 atom stereocenters. The second kappa shape index (κ2) is 6.61. The lowest BCUT2D eigenvalue weighted by Crippen LogP contribution is -2.00. The molecule has 0 radical (unpaired) electrons. The van der Waals surface area contributed by atoms with Crippen LogP contribution in [0, 0.1) is 5.41 Å². The summed E-state index contributed by atoms with van der Waals surface area (Å²) in [6.07, 6.45) is 1.70. The molecular formula is C15H12ClN3. The molecule has 0 bridgehead atoms. The van der Waals surface area contributed by atoms with Crippen LogP contribution in [0.1, 0.15) is 11.1 Å². The fraction of sp³-hybridized carbons (Fsp3) is 0. The molecule has 0 aliphatic carbocycles. The maximum absolute atomic E-state index is 7.26. The molecule has 0 saturated carbocycles. The smallest absolute Gasteiger partial charge is 0.216 e. The zero-order valence-corrected chi connectivity index (χ0v) is 10.9. The Labute approximate surface area is 116 Å². The third-order valence-corrected chi connectivity index (χ3v) is 2.46. The zero-order chi connectivity index (χ0) is 13.5. The topological polar surface area (TPSA) is 48.6 Å². The summed E-state index contributed by atoms with van der Waals surface area (Å²) in [5.74, 6) is 0.421. The molecule has 0 spiro atoms. The van der Waals surface area contributed by atoms with Crippen molar-refractivity contribution in [3.05, 3.63) is 71.8 Å². The number of nitrogens with zero attached hydrogens (tertiary/aromatic N) is 2. The highest BCUT2D eigenvalue weighted by Crippen LogP contribution is 2.04. The summed E-state index contributed by atoms with van der Waals surface area (Å²) in [4.78, 5) is 8.23. The second-order valence-corrected chi connectivity index (χ2v) is 4.12. The molecule has 94 valence electrons. The van der Waals surface area contributed by atoms with Gasteiger partial charge in [0, 0.05) is 11.8 Å². The zero-order valence-electron chi connectivity index (χ0n) is 10.1. The Bertz CT molecular complexity index is 604. The standard InChI is InChI=1S/C15H12ClN3/c16-15(17)19-14(13-9-5-2-6-10-13)18-11-12-7-3-1-4-8-12/h1-11,17H. The monoisotopic (exact) mass is 269 g/mol. The van der Waals surface area contributed by atoms with Crippen molar-refractivity contribution in [2.24, 2.45) is 9.98 Å². The first-order chi connectivity index (χ1) is 9.25. The third-order valence-electron chi connectivity index (χ3n) is 2.37. The lowest BCUT2D eigenvalue weighted by Gasteiger charge is -2.00. The minimum absolute atomic E-state index is 0.288. The van der Waals surface area contributed by atoms with Gasteiger partial charge >= 0.3 is 0 Å². The first-order valence-corrected chi connectivity index (χ1v) is 6.11. The number of rotatable bonds is 2. The average molecular weight is 270 g/mol. The molecule has 2 aromatic carbocycles. The van der Waals surface area contributed by atoms with Crippen molar-refractivity contribution in [3.8, 4) is 0 Å². The van der Waals surface area contributed by atoms with Crippen molar-refractivity contribution in [2.75, 3.05) is 0 Å².